The van der Waals surface area contributed by atoms with Crippen LogP contribution < -0.4 is 4.90 Å². The predicted octanol–water partition coefficient (Wildman–Crippen LogP) is 4.41. The number of likely N-dealkylation sites (tertiary alicyclic amines) is 1. The van der Waals surface area contributed by atoms with Gasteiger partial charge in [-0.15, -0.1) is 0 Å². The van der Waals surface area contributed by atoms with Crippen LogP contribution in [-0.2, 0) is 21.8 Å². The van der Waals surface area contributed by atoms with Gasteiger partial charge in [-0.2, -0.15) is 0 Å². The van der Waals surface area contributed by atoms with Gasteiger partial charge in [0.1, 0.15) is 11.6 Å². The van der Waals surface area contributed by atoms with E-state index >= 15 is 0 Å². The Hall–Kier alpha value is -3.37. The summed E-state index contributed by atoms with van der Waals surface area (Å²) in [5.41, 5.74) is 2.27. The Bertz CT molecular complexity index is 1290. The Morgan fingerprint density at radius 1 is 1.05 bits per heavy atom. The monoisotopic (exact) mass is 563 g/mol. The van der Waals surface area contributed by atoms with E-state index in [2.05, 4.69) is 45.1 Å². The van der Waals surface area contributed by atoms with Gasteiger partial charge in [-0.3, -0.25) is 14.5 Å². The minimum absolute atomic E-state index is 0.189. The number of hydrogen-bond donors (Lipinski definition) is 0. The minimum Gasteiger partial charge on any atom is -0.466 e. The molecule has 0 bridgehead atoms. The van der Waals surface area contributed by atoms with Crippen LogP contribution in [0.15, 0.2) is 58.1 Å². The highest BCUT2D eigenvalue weighted by Crippen LogP contribution is 2.26. The van der Waals surface area contributed by atoms with Gasteiger partial charge in [-0.1, -0.05) is 42.1 Å². The van der Waals surface area contributed by atoms with Crippen molar-refractivity contribution >= 4 is 29.5 Å². The number of amides is 1. The number of furan rings is 1. The fourth-order valence-corrected chi connectivity index (χ4v) is 6.00. The number of aryl methyl sites for hydroxylation is 1. The summed E-state index contributed by atoms with van der Waals surface area (Å²) in [5, 5.41) is 0.694. The van der Waals surface area contributed by atoms with Crippen LogP contribution in [0.2, 0.25) is 0 Å². The zero-order valence-electron chi connectivity index (χ0n) is 23.3. The summed E-state index contributed by atoms with van der Waals surface area (Å²) in [6.07, 6.45) is 1.51. The quantitative estimate of drug-likeness (QED) is 0.213. The Kier molecular flexibility index (Phi) is 9.38. The molecule has 0 N–H and O–H groups in total. The van der Waals surface area contributed by atoms with Crippen LogP contribution in [0.4, 0.5) is 5.82 Å². The second kappa shape index (κ2) is 13.3. The Morgan fingerprint density at radius 3 is 2.62 bits per heavy atom. The largest absolute Gasteiger partial charge is 0.466 e. The number of aromatic nitrogens is 2. The molecule has 2 saturated heterocycles. The van der Waals surface area contributed by atoms with Gasteiger partial charge in [-0.25, -0.2) is 9.97 Å². The van der Waals surface area contributed by atoms with Gasteiger partial charge in [-0.05, 0) is 44.4 Å². The Labute approximate surface area is 239 Å². The molecule has 40 heavy (non-hydrogen) atoms. The third-order valence-corrected chi connectivity index (χ3v) is 8.18. The van der Waals surface area contributed by atoms with Crippen molar-refractivity contribution < 1.29 is 18.7 Å². The first kappa shape index (κ1) is 28.2. The molecule has 0 aliphatic carbocycles. The first-order chi connectivity index (χ1) is 19.5. The van der Waals surface area contributed by atoms with Crippen LogP contribution in [0.5, 0.6) is 0 Å². The average molecular weight is 564 g/mol. The second-order valence-electron chi connectivity index (χ2n) is 10.3. The van der Waals surface area contributed by atoms with Gasteiger partial charge < -0.3 is 19.0 Å². The molecule has 1 unspecified atom stereocenters. The molecule has 2 aliphatic heterocycles. The van der Waals surface area contributed by atoms with E-state index in [0.717, 1.165) is 57.1 Å². The van der Waals surface area contributed by atoms with E-state index in [1.54, 1.807) is 17.9 Å². The first-order valence-electron chi connectivity index (χ1n) is 14.0. The molecule has 2 fully saturated rings. The summed E-state index contributed by atoms with van der Waals surface area (Å²) in [7, 11) is 0. The lowest BCUT2D eigenvalue weighted by Gasteiger charge is -2.35. The highest BCUT2D eigenvalue weighted by atomic mass is 32.2. The maximum atomic E-state index is 13.0. The molecule has 0 saturated carbocycles. The molecule has 4 heterocycles. The summed E-state index contributed by atoms with van der Waals surface area (Å²) >= 11 is 1.50. The molecule has 0 radical (unpaired) electrons. The van der Waals surface area contributed by atoms with Crippen molar-refractivity contribution in [3.63, 3.8) is 0 Å². The normalized spacial score (nSPS) is 18.1. The summed E-state index contributed by atoms with van der Waals surface area (Å²) in [6.45, 7) is 9.89. The molecule has 9 nitrogen and oxygen atoms in total. The summed E-state index contributed by atoms with van der Waals surface area (Å²) in [4.78, 5) is 41.2. The third kappa shape index (κ3) is 7.22. The molecule has 10 heteroatoms. The number of anilines is 1. The van der Waals surface area contributed by atoms with Crippen molar-refractivity contribution in [3.8, 4) is 0 Å². The van der Waals surface area contributed by atoms with Gasteiger partial charge in [0.05, 0.1) is 18.3 Å². The van der Waals surface area contributed by atoms with Gasteiger partial charge in [0.15, 0.2) is 10.9 Å². The highest BCUT2D eigenvalue weighted by Gasteiger charge is 2.31. The Balaban J connectivity index is 1.14. The average Bonchev–Trinajstić information content (AvgIpc) is 3.46. The number of carbonyl (C=O) groups excluding carboxylic acids is 2. The van der Waals surface area contributed by atoms with Crippen molar-refractivity contribution in [1.29, 1.82) is 0 Å². The van der Waals surface area contributed by atoms with Crippen LogP contribution in [0.3, 0.4) is 0 Å². The van der Waals surface area contributed by atoms with E-state index in [4.69, 9.17) is 14.1 Å². The molecule has 3 aromatic rings. The molecule has 5 rings (SSSR count). The van der Waals surface area contributed by atoms with E-state index in [1.807, 2.05) is 19.1 Å². The molecular weight excluding hydrogens is 526 g/mol. The van der Waals surface area contributed by atoms with E-state index in [1.165, 1.54) is 17.3 Å². The van der Waals surface area contributed by atoms with Crippen LogP contribution >= 0.6 is 11.8 Å². The van der Waals surface area contributed by atoms with E-state index in [-0.39, 0.29) is 17.8 Å². The summed E-state index contributed by atoms with van der Waals surface area (Å²) in [5.74, 6) is 1.75. The predicted molar refractivity (Wildman–Crippen MR) is 154 cm³/mol. The molecule has 1 aromatic carbocycles. The summed E-state index contributed by atoms with van der Waals surface area (Å²) < 4.78 is 11.1. The van der Waals surface area contributed by atoms with E-state index in [0.29, 0.717) is 42.1 Å². The molecule has 1 atom stereocenters. The number of ether oxygens (including phenoxy) is 1. The summed E-state index contributed by atoms with van der Waals surface area (Å²) in [6, 6.07) is 16.2. The van der Waals surface area contributed by atoms with Crippen molar-refractivity contribution in [3.05, 3.63) is 71.3 Å². The molecule has 0 spiro atoms. The molecule has 2 aromatic heterocycles. The van der Waals surface area contributed by atoms with Gasteiger partial charge in [0.2, 0.25) is 0 Å². The number of esters is 1. The topological polar surface area (TPSA) is 92.0 Å². The standard InChI is InChI=1S/C30H37N5O4S/c1-3-38-29(37)24-10-7-13-35(20-24)28(36)26-12-11-25(39-26)21-40-30-31-22(2)18-27(32-30)34-16-14-33(15-17-34)19-23-8-5-4-6-9-23/h4-6,8-9,11-12,18,24H,3,7,10,13-17,19-21H2,1-2H3. The van der Waals surface area contributed by atoms with Crippen molar-refractivity contribution in [1.82, 2.24) is 19.8 Å². The number of thioether (sulfide) groups is 1. The second-order valence-corrected chi connectivity index (χ2v) is 11.2. The van der Waals surface area contributed by atoms with Crippen molar-refractivity contribution in [2.75, 3.05) is 50.8 Å². The maximum absolute atomic E-state index is 13.0. The van der Waals surface area contributed by atoms with E-state index in [9.17, 15) is 9.59 Å². The highest BCUT2D eigenvalue weighted by molar-refractivity contribution is 7.98. The third-order valence-electron chi connectivity index (χ3n) is 7.31. The van der Waals surface area contributed by atoms with Crippen LogP contribution in [-0.4, -0.2) is 77.5 Å². The fourth-order valence-electron chi connectivity index (χ4n) is 5.20. The van der Waals surface area contributed by atoms with Gasteiger partial charge >= 0.3 is 5.97 Å². The van der Waals surface area contributed by atoms with Crippen molar-refractivity contribution in [2.24, 2.45) is 5.92 Å². The number of hydrogen-bond acceptors (Lipinski definition) is 9. The lowest BCUT2D eigenvalue weighted by Crippen LogP contribution is -2.46. The number of carbonyl (C=O) groups is 2. The maximum Gasteiger partial charge on any atom is 0.310 e. The number of piperazine rings is 1. The number of benzene rings is 1. The van der Waals surface area contributed by atoms with Gasteiger partial charge in [0, 0.05) is 57.6 Å². The fraction of sp³-hybridized carbons (Fsp3) is 0.467. The zero-order valence-corrected chi connectivity index (χ0v) is 24.1. The number of nitrogens with zero attached hydrogens (tertiary/aromatic N) is 5. The van der Waals surface area contributed by atoms with Crippen LogP contribution in [0.25, 0.3) is 0 Å². The molecule has 1 amide bonds. The number of rotatable bonds is 9. The molecular formula is C30H37N5O4S. The Morgan fingerprint density at radius 2 is 1.85 bits per heavy atom. The minimum atomic E-state index is -0.276. The van der Waals surface area contributed by atoms with Crippen LogP contribution in [0, 0.1) is 12.8 Å². The van der Waals surface area contributed by atoms with Crippen LogP contribution in [0.1, 0.15) is 47.3 Å². The SMILES string of the molecule is CCOC(=O)C1CCCN(C(=O)c2ccc(CSc3nc(C)cc(N4CCN(Cc5ccccc5)CC4)n3)o2)C1. The molecule has 2 aliphatic rings. The van der Waals surface area contributed by atoms with Gasteiger partial charge in [0.25, 0.3) is 5.91 Å². The number of piperidine rings is 1. The lowest BCUT2D eigenvalue weighted by atomic mass is 9.98. The van der Waals surface area contributed by atoms with Crippen molar-refractivity contribution in [2.45, 2.75) is 44.1 Å². The van der Waals surface area contributed by atoms with E-state index < -0.39 is 0 Å². The lowest BCUT2D eigenvalue weighted by molar-refractivity contribution is -0.149. The first-order valence-corrected chi connectivity index (χ1v) is 15.0. The smallest absolute Gasteiger partial charge is 0.310 e. The molecule has 212 valence electrons. The zero-order chi connectivity index (χ0) is 27.9.